The van der Waals surface area contributed by atoms with Crippen LogP contribution in [-0.2, 0) is 13.6 Å². The minimum absolute atomic E-state index is 0.0403. The molecule has 3 aromatic heterocycles. The topological polar surface area (TPSA) is 88.5 Å². The highest BCUT2D eigenvalue weighted by atomic mass is 35.5. The Bertz CT molecular complexity index is 1340. The molecule has 4 heterocycles. The van der Waals surface area contributed by atoms with Gasteiger partial charge in [-0.1, -0.05) is 11.6 Å². The molecule has 9 nitrogen and oxygen atoms in total. The van der Waals surface area contributed by atoms with E-state index in [4.69, 9.17) is 21.1 Å². The number of aromatic nitrogens is 4. The summed E-state index contributed by atoms with van der Waals surface area (Å²) in [6.07, 6.45) is 5.11. The lowest BCUT2D eigenvalue weighted by Gasteiger charge is -2.36. The highest BCUT2D eigenvalue weighted by Gasteiger charge is 2.38. The van der Waals surface area contributed by atoms with E-state index in [0.29, 0.717) is 22.7 Å². The Labute approximate surface area is 186 Å². The first-order valence-corrected chi connectivity index (χ1v) is 9.98. The van der Waals surface area contributed by atoms with Crippen LogP contribution in [0.4, 0.5) is 26.4 Å². The van der Waals surface area contributed by atoms with Crippen molar-refractivity contribution in [2.75, 3.05) is 24.0 Å². The molecule has 5 rings (SSSR count). The molecule has 1 N–H and O–H groups in total. The second-order valence-electron chi connectivity index (χ2n) is 7.18. The molecule has 0 spiro atoms. The number of fused-ring (bicyclic) bond motifs is 3. The van der Waals surface area contributed by atoms with Gasteiger partial charge in [0.1, 0.15) is 22.1 Å². The van der Waals surface area contributed by atoms with Crippen molar-refractivity contribution in [2.45, 2.75) is 6.54 Å². The maximum Gasteiger partial charge on any atom is 0.335 e. The molecule has 11 heteroatoms. The van der Waals surface area contributed by atoms with E-state index in [0.717, 1.165) is 5.39 Å². The number of pyridine rings is 1. The standard InChI is InChI=1S/C21H18ClFN6O3/c1-27-7-5-15(26-27)29-18-11(9-25-20-12(18)4-6-24-20)10-28(21(29)30)19-16(22)13(31-2)8-14(32-3)17(19)23/h4-9H,10H2,1-3H3,(H,24,25). The van der Waals surface area contributed by atoms with E-state index in [-0.39, 0.29) is 28.8 Å². The van der Waals surface area contributed by atoms with Crippen LogP contribution in [0.3, 0.4) is 0 Å². The van der Waals surface area contributed by atoms with Crippen molar-refractivity contribution in [3.8, 4) is 11.5 Å². The van der Waals surface area contributed by atoms with E-state index in [1.165, 1.54) is 30.1 Å². The Morgan fingerprint density at radius 2 is 1.97 bits per heavy atom. The summed E-state index contributed by atoms with van der Waals surface area (Å²) in [6, 6.07) is 4.35. The number of amides is 2. The molecule has 4 aromatic rings. The molecule has 1 aliphatic heterocycles. The maximum atomic E-state index is 15.4. The van der Waals surface area contributed by atoms with E-state index in [2.05, 4.69) is 15.1 Å². The van der Waals surface area contributed by atoms with Crippen molar-refractivity contribution >= 4 is 45.9 Å². The number of anilines is 3. The number of carbonyl (C=O) groups excluding carboxylic acids is 1. The minimum atomic E-state index is -0.772. The van der Waals surface area contributed by atoms with Gasteiger partial charge in [-0.05, 0) is 6.07 Å². The Kier molecular flexibility index (Phi) is 4.66. The quantitative estimate of drug-likeness (QED) is 0.492. The Balaban J connectivity index is 1.77. The van der Waals surface area contributed by atoms with Gasteiger partial charge in [-0.25, -0.2) is 19.1 Å². The van der Waals surface area contributed by atoms with E-state index in [1.807, 2.05) is 6.07 Å². The normalized spacial score (nSPS) is 13.6. The van der Waals surface area contributed by atoms with Gasteiger partial charge in [-0.2, -0.15) is 5.10 Å². The minimum Gasteiger partial charge on any atom is -0.495 e. The van der Waals surface area contributed by atoms with Crippen LogP contribution >= 0.6 is 11.6 Å². The number of ether oxygens (including phenoxy) is 2. The van der Waals surface area contributed by atoms with Crippen LogP contribution in [0.2, 0.25) is 5.02 Å². The fourth-order valence-corrected chi connectivity index (χ4v) is 4.20. The van der Waals surface area contributed by atoms with E-state index in [9.17, 15) is 4.79 Å². The summed E-state index contributed by atoms with van der Waals surface area (Å²) in [6.45, 7) is 0.0403. The third-order valence-electron chi connectivity index (χ3n) is 5.36. The van der Waals surface area contributed by atoms with Crippen LogP contribution in [0.1, 0.15) is 5.56 Å². The van der Waals surface area contributed by atoms with Crippen LogP contribution in [0.5, 0.6) is 11.5 Å². The van der Waals surface area contributed by atoms with Crippen molar-refractivity contribution in [1.82, 2.24) is 19.7 Å². The molecule has 0 atom stereocenters. The van der Waals surface area contributed by atoms with Crippen molar-refractivity contribution in [1.29, 1.82) is 0 Å². The Hall–Kier alpha value is -3.79. The number of nitrogens with one attached hydrogen (secondary N) is 1. The number of H-pyrrole nitrogens is 1. The van der Waals surface area contributed by atoms with E-state index in [1.54, 1.807) is 36.4 Å². The first kappa shape index (κ1) is 20.1. The molecule has 0 radical (unpaired) electrons. The number of carbonyl (C=O) groups is 1. The fourth-order valence-electron chi connectivity index (χ4n) is 3.89. The number of hydrogen-bond acceptors (Lipinski definition) is 5. The number of rotatable bonds is 4. The molecule has 0 fully saturated rings. The lowest BCUT2D eigenvalue weighted by atomic mass is 10.1. The number of hydrogen-bond donors (Lipinski definition) is 1. The summed E-state index contributed by atoms with van der Waals surface area (Å²) in [4.78, 5) is 24.0. The SMILES string of the molecule is COc1cc(OC)c(Cl)c(N2Cc3cnc4[nH]ccc4c3N(c3ccn(C)n3)C2=O)c1F. The van der Waals surface area contributed by atoms with Crippen LogP contribution in [-0.4, -0.2) is 40.0 Å². The number of halogens is 2. The number of aromatic amines is 1. The van der Waals surface area contributed by atoms with Crippen LogP contribution in [0, 0.1) is 5.82 Å². The Morgan fingerprint density at radius 3 is 2.66 bits per heavy atom. The molecule has 1 aliphatic rings. The highest BCUT2D eigenvalue weighted by molar-refractivity contribution is 6.35. The maximum absolute atomic E-state index is 15.4. The molecule has 0 bridgehead atoms. The second-order valence-corrected chi connectivity index (χ2v) is 7.56. The van der Waals surface area contributed by atoms with Gasteiger partial charge in [0.05, 0.1) is 26.5 Å². The highest BCUT2D eigenvalue weighted by Crippen LogP contribution is 2.46. The lowest BCUT2D eigenvalue weighted by molar-refractivity contribution is 0.252. The number of nitrogens with zero attached hydrogens (tertiary/aromatic N) is 5. The third kappa shape index (κ3) is 2.87. The average molecular weight is 457 g/mol. The van der Waals surface area contributed by atoms with Crippen LogP contribution in [0.25, 0.3) is 11.0 Å². The zero-order valence-electron chi connectivity index (χ0n) is 17.4. The number of urea groups is 1. The third-order valence-corrected chi connectivity index (χ3v) is 5.72. The van der Waals surface area contributed by atoms with Crippen molar-refractivity contribution < 1.29 is 18.7 Å². The van der Waals surface area contributed by atoms with Gasteiger partial charge < -0.3 is 14.5 Å². The van der Waals surface area contributed by atoms with Gasteiger partial charge in [-0.15, -0.1) is 0 Å². The predicted octanol–water partition coefficient (Wildman–Crippen LogP) is 4.38. The molecular weight excluding hydrogens is 439 g/mol. The molecular formula is C21H18ClFN6O3. The van der Waals surface area contributed by atoms with Gasteiger partial charge in [0.25, 0.3) is 0 Å². The molecule has 0 aliphatic carbocycles. The second kappa shape index (κ2) is 7.41. The Morgan fingerprint density at radius 1 is 1.19 bits per heavy atom. The molecule has 164 valence electrons. The number of benzene rings is 1. The van der Waals surface area contributed by atoms with Gasteiger partial charge in [-0.3, -0.25) is 9.58 Å². The van der Waals surface area contributed by atoms with E-state index < -0.39 is 11.8 Å². The summed E-state index contributed by atoms with van der Waals surface area (Å²) in [5.74, 6) is -0.305. The molecule has 0 saturated heterocycles. The molecule has 0 unspecified atom stereocenters. The van der Waals surface area contributed by atoms with E-state index >= 15 is 4.39 Å². The number of methoxy groups -OCH3 is 2. The van der Waals surface area contributed by atoms with Gasteiger partial charge in [0, 0.05) is 48.7 Å². The van der Waals surface area contributed by atoms with Crippen molar-refractivity contribution in [2.24, 2.45) is 7.05 Å². The first-order valence-electron chi connectivity index (χ1n) is 9.60. The summed E-state index contributed by atoms with van der Waals surface area (Å²) >= 11 is 6.47. The predicted molar refractivity (Wildman–Crippen MR) is 118 cm³/mol. The van der Waals surface area contributed by atoms with Gasteiger partial charge in [0.2, 0.25) is 0 Å². The van der Waals surface area contributed by atoms with Gasteiger partial charge in [0.15, 0.2) is 17.4 Å². The molecule has 1 aromatic carbocycles. The molecule has 2 amide bonds. The molecule has 0 saturated carbocycles. The first-order chi connectivity index (χ1) is 15.4. The van der Waals surface area contributed by atoms with Gasteiger partial charge >= 0.3 is 6.03 Å². The van der Waals surface area contributed by atoms with Crippen molar-refractivity contribution in [3.05, 3.63) is 53.2 Å². The largest absolute Gasteiger partial charge is 0.495 e. The summed E-state index contributed by atoms with van der Waals surface area (Å²) in [5, 5.41) is 5.11. The van der Waals surface area contributed by atoms with Crippen LogP contribution in [0.15, 0.2) is 36.8 Å². The van der Waals surface area contributed by atoms with Crippen molar-refractivity contribution in [3.63, 3.8) is 0 Å². The summed E-state index contributed by atoms with van der Waals surface area (Å²) in [5.41, 5.74) is 1.80. The molecule has 32 heavy (non-hydrogen) atoms. The lowest BCUT2D eigenvalue weighted by Crippen LogP contribution is -2.45. The average Bonchev–Trinajstić information content (AvgIpc) is 3.43. The smallest absolute Gasteiger partial charge is 0.335 e. The fraction of sp³-hybridized carbons (Fsp3) is 0.190. The monoisotopic (exact) mass is 456 g/mol. The van der Waals surface area contributed by atoms with Crippen LogP contribution < -0.4 is 19.3 Å². The zero-order valence-corrected chi connectivity index (χ0v) is 18.1. The number of aryl methyl sites for hydroxylation is 1. The summed E-state index contributed by atoms with van der Waals surface area (Å²) in [7, 11) is 4.48. The zero-order chi connectivity index (χ0) is 22.6. The summed E-state index contributed by atoms with van der Waals surface area (Å²) < 4.78 is 27.4.